The molecular formula is C13H11Br2F2NOS. The van der Waals surface area contributed by atoms with E-state index in [4.69, 9.17) is 0 Å². The van der Waals surface area contributed by atoms with Crippen LogP contribution in [0, 0.1) is 0 Å². The van der Waals surface area contributed by atoms with Crippen molar-refractivity contribution in [2.24, 2.45) is 0 Å². The van der Waals surface area contributed by atoms with E-state index in [0.717, 1.165) is 13.1 Å². The SMILES string of the molecule is CNC(c1cc(Br)c(Br)s1)c1ccccc1OC(F)F. The van der Waals surface area contributed by atoms with Gasteiger partial charge in [0.1, 0.15) is 5.75 Å². The van der Waals surface area contributed by atoms with E-state index in [2.05, 4.69) is 41.9 Å². The molecule has 1 aromatic heterocycles. The van der Waals surface area contributed by atoms with Crippen LogP contribution in [-0.2, 0) is 0 Å². The van der Waals surface area contributed by atoms with Gasteiger partial charge in [0.05, 0.1) is 9.83 Å². The number of nitrogens with one attached hydrogen (secondary N) is 1. The largest absolute Gasteiger partial charge is 0.434 e. The average molecular weight is 427 g/mol. The van der Waals surface area contributed by atoms with Gasteiger partial charge < -0.3 is 10.1 Å². The molecule has 0 aliphatic heterocycles. The summed E-state index contributed by atoms with van der Waals surface area (Å²) < 4.78 is 31.5. The Hall–Kier alpha value is -0.500. The van der Waals surface area contributed by atoms with Crippen molar-refractivity contribution in [3.05, 3.63) is 49.0 Å². The standard InChI is InChI=1S/C13H11Br2F2NOS/c1-18-11(10-6-8(14)12(15)20-10)7-4-2-3-5-9(7)19-13(16)17/h2-6,11,13,18H,1H3. The Balaban J connectivity index is 2.41. The number of halogens is 4. The molecule has 2 rings (SSSR count). The van der Waals surface area contributed by atoms with Crippen LogP contribution in [0.25, 0.3) is 0 Å². The second kappa shape index (κ2) is 6.98. The molecule has 0 aliphatic rings. The summed E-state index contributed by atoms with van der Waals surface area (Å²) in [4.78, 5) is 0.997. The van der Waals surface area contributed by atoms with Gasteiger partial charge in [-0.1, -0.05) is 18.2 Å². The van der Waals surface area contributed by atoms with Crippen molar-refractivity contribution in [3.8, 4) is 5.75 Å². The molecule has 0 spiro atoms. The lowest BCUT2D eigenvalue weighted by atomic mass is 10.0. The lowest BCUT2D eigenvalue weighted by Gasteiger charge is -2.18. The first kappa shape index (κ1) is 15.9. The van der Waals surface area contributed by atoms with Gasteiger partial charge in [0.15, 0.2) is 0 Å². The average Bonchev–Trinajstić information content (AvgIpc) is 2.72. The third-order valence-corrected chi connectivity index (χ3v) is 6.00. The molecule has 0 amide bonds. The van der Waals surface area contributed by atoms with Gasteiger partial charge in [-0.05, 0) is 51.0 Å². The van der Waals surface area contributed by atoms with Gasteiger partial charge in [-0.3, -0.25) is 0 Å². The highest BCUT2D eigenvalue weighted by atomic mass is 79.9. The molecule has 108 valence electrons. The number of benzene rings is 1. The van der Waals surface area contributed by atoms with E-state index < -0.39 is 6.61 Å². The lowest BCUT2D eigenvalue weighted by molar-refractivity contribution is -0.0506. The maximum atomic E-state index is 12.5. The molecular weight excluding hydrogens is 416 g/mol. The molecule has 2 nitrogen and oxygen atoms in total. The van der Waals surface area contributed by atoms with Gasteiger partial charge >= 0.3 is 6.61 Å². The van der Waals surface area contributed by atoms with Crippen LogP contribution in [0.5, 0.6) is 5.75 Å². The fourth-order valence-corrected chi connectivity index (χ4v) is 4.10. The minimum Gasteiger partial charge on any atom is -0.434 e. The van der Waals surface area contributed by atoms with Gasteiger partial charge in [-0.25, -0.2) is 0 Å². The molecule has 0 radical (unpaired) electrons. The summed E-state index contributed by atoms with van der Waals surface area (Å²) in [5.74, 6) is 0.183. The summed E-state index contributed by atoms with van der Waals surface area (Å²) in [7, 11) is 1.78. The highest BCUT2D eigenvalue weighted by Crippen LogP contribution is 2.39. The Morgan fingerprint density at radius 2 is 1.95 bits per heavy atom. The molecule has 0 aliphatic carbocycles. The van der Waals surface area contributed by atoms with Crippen LogP contribution < -0.4 is 10.1 Å². The first-order chi connectivity index (χ1) is 9.52. The quantitative estimate of drug-likeness (QED) is 0.710. The fraction of sp³-hybridized carbons (Fsp3) is 0.231. The molecule has 1 atom stereocenters. The second-order valence-corrected chi connectivity index (χ2v) is 7.16. The van der Waals surface area contributed by atoms with E-state index in [9.17, 15) is 8.78 Å². The number of hydrogen-bond acceptors (Lipinski definition) is 3. The van der Waals surface area contributed by atoms with Gasteiger partial charge in [-0.2, -0.15) is 8.78 Å². The Labute approximate surface area is 136 Å². The third-order valence-electron chi connectivity index (χ3n) is 2.68. The zero-order valence-electron chi connectivity index (χ0n) is 10.4. The monoisotopic (exact) mass is 425 g/mol. The minimum absolute atomic E-state index is 0.183. The first-order valence-corrected chi connectivity index (χ1v) is 8.09. The molecule has 1 N–H and O–H groups in total. The zero-order valence-corrected chi connectivity index (χ0v) is 14.4. The molecule has 1 heterocycles. The molecule has 0 fully saturated rings. The van der Waals surface area contributed by atoms with E-state index in [0.29, 0.717) is 5.56 Å². The van der Waals surface area contributed by atoms with Crippen molar-refractivity contribution in [2.45, 2.75) is 12.7 Å². The number of alkyl halides is 2. The van der Waals surface area contributed by atoms with E-state index in [1.165, 1.54) is 11.3 Å². The van der Waals surface area contributed by atoms with Gasteiger partial charge in [0.2, 0.25) is 0 Å². The fourth-order valence-electron chi connectivity index (χ4n) is 1.88. The van der Waals surface area contributed by atoms with Crippen molar-refractivity contribution in [1.82, 2.24) is 5.32 Å². The lowest BCUT2D eigenvalue weighted by Crippen LogP contribution is -2.18. The van der Waals surface area contributed by atoms with E-state index in [1.807, 2.05) is 6.07 Å². The highest BCUT2D eigenvalue weighted by molar-refractivity contribution is 9.13. The number of para-hydroxylation sites is 1. The molecule has 20 heavy (non-hydrogen) atoms. The third kappa shape index (κ3) is 3.58. The number of thiophene rings is 1. The predicted octanol–water partition coefficient (Wildman–Crippen LogP) is 5.18. The normalized spacial score (nSPS) is 12.7. The molecule has 0 saturated carbocycles. The topological polar surface area (TPSA) is 21.3 Å². The van der Waals surface area contributed by atoms with Crippen LogP contribution in [0.15, 0.2) is 38.6 Å². The second-order valence-electron chi connectivity index (χ2n) is 3.91. The zero-order chi connectivity index (χ0) is 14.7. The van der Waals surface area contributed by atoms with E-state index in [-0.39, 0.29) is 11.8 Å². The maximum Gasteiger partial charge on any atom is 0.387 e. The predicted molar refractivity (Wildman–Crippen MR) is 83.7 cm³/mol. The van der Waals surface area contributed by atoms with E-state index in [1.54, 1.807) is 31.3 Å². The Bertz CT molecular complexity index is 572. The van der Waals surface area contributed by atoms with E-state index >= 15 is 0 Å². The number of rotatable bonds is 5. The summed E-state index contributed by atoms with van der Waals surface area (Å²) in [5, 5.41) is 3.13. The molecule has 1 unspecified atom stereocenters. The van der Waals surface area contributed by atoms with Crippen molar-refractivity contribution in [3.63, 3.8) is 0 Å². The van der Waals surface area contributed by atoms with Gasteiger partial charge in [0.25, 0.3) is 0 Å². The summed E-state index contributed by atoms with van der Waals surface area (Å²) in [6, 6.07) is 8.54. The summed E-state index contributed by atoms with van der Waals surface area (Å²) in [5.41, 5.74) is 0.677. The number of hydrogen-bond donors (Lipinski definition) is 1. The smallest absolute Gasteiger partial charge is 0.387 e. The van der Waals surface area contributed by atoms with Crippen LogP contribution in [0.2, 0.25) is 0 Å². The van der Waals surface area contributed by atoms with Gasteiger partial charge in [-0.15, -0.1) is 11.3 Å². The summed E-state index contributed by atoms with van der Waals surface area (Å²) in [6.45, 7) is -2.84. The van der Waals surface area contributed by atoms with Crippen LogP contribution in [0.1, 0.15) is 16.5 Å². The summed E-state index contributed by atoms with van der Waals surface area (Å²) >= 11 is 8.40. The minimum atomic E-state index is -2.84. The Morgan fingerprint density at radius 1 is 1.25 bits per heavy atom. The Morgan fingerprint density at radius 3 is 2.50 bits per heavy atom. The van der Waals surface area contributed by atoms with Crippen LogP contribution in [0.4, 0.5) is 8.78 Å². The number of ether oxygens (including phenoxy) is 1. The highest BCUT2D eigenvalue weighted by Gasteiger charge is 2.21. The Kier molecular flexibility index (Phi) is 5.54. The summed E-state index contributed by atoms with van der Waals surface area (Å²) in [6.07, 6.45) is 0. The van der Waals surface area contributed by atoms with Crippen LogP contribution >= 0.6 is 43.2 Å². The molecule has 0 bridgehead atoms. The first-order valence-electron chi connectivity index (χ1n) is 5.68. The van der Waals surface area contributed by atoms with Crippen molar-refractivity contribution < 1.29 is 13.5 Å². The van der Waals surface area contributed by atoms with Crippen molar-refractivity contribution >= 4 is 43.2 Å². The van der Waals surface area contributed by atoms with Crippen LogP contribution in [0.3, 0.4) is 0 Å². The van der Waals surface area contributed by atoms with Gasteiger partial charge in [0, 0.05) is 14.9 Å². The molecule has 1 aromatic carbocycles. The molecule has 0 saturated heterocycles. The van der Waals surface area contributed by atoms with Crippen molar-refractivity contribution in [2.75, 3.05) is 7.05 Å². The molecule has 2 aromatic rings. The molecule has 7 heteroatoms. The van der Waals surface area contributed by atoms with Crippen LogP contribution in [-0.4, -0.2) is 13.7 Å². The van der Waals surface area contributed by atoms with Crippen molar-refractivity contribution in [1.29, 1.82) is 0 Å². The maximum absolute atomic E-state index is 12.5.